The Hall–Kier alpha value is -1.35. The molecule has 2 radical (unpaired) electrons. The van der Waals surface area contributed by atoms with Crippen LogP contribution in [-0.2, 0) is 0 Å². The molecule has 2 rings (SSSR count). The van der Waals surface area contributed by atoms with Crippen LogP contribution >= 0.6 is 11.3 Å². The summed E-state index contributed by atoms with van der Waals surface area (Å²) in [5, 5.41) is 0. The topological polar surface area (TPSA) is 17.1 Å². The lowest BCUT2D eigenvalue weighted by Crippen LogP contribution is -2.02. The summed E-state index contributed by atoms with van der Waals surface area (Å²) in [4.78, 5) is 12.2. The van der Waals surface area contributed by atoms with Crippen molar-refractivity contribution in [1.82, 2.24) is 0 Å². The van der Waals surface area contributed by atoms with Gasteiger partial charge in [-0.15, -0.1) is 11.3 Å². The van der Waals surface area contributed by atoms with Gasteiger partial charge in [0.05, 0.1) is 4.88 Å². The number of aldehydes is 1. The Morgan fingerprint density at radius 2 is 1.93 bits per heavy atom. The van der Waals surface area contributed by atoms with Gasteiger partial charge in [0.2, 0.25) is 0 Å². The first-order valence-corrected chi connectivity index (χ1v) is 5.03. The van der Waals surface area contributed by atoms with Gasteiger partial charge in [-0.25, -0.2) is 0 Å². The summed E-state index contributed by atoms with van der Waals surface area (Å²) in [5.74, 6) is 0. The normalized spacial score (nSPS) is 10.0. The summed E-state index contributed by atoms with van der Waals surface area (Å²) >= 11 is 1.42. The lowest BCUT2D eigenvalue weighted by molar-refractivity contribution is 0.112. The van der Waals surface area contributed by atoms with Gasteiger partial charge >= 0.3 is 0 Å². The Bertz CT molecular complexity index is 448. The molecule has 2 aromatic rings. The summed E-state index contributed by atoms with van der Waals surface area (Å²) < 4.78 is 0. The number of hydrogen-bond donors (Lipinski definition) is 0. The van der Waals surface area contributed by atoms with Gasteiger partial charge in [0.25, 0.3) is 0 Å². The predicted octanol–water partition coefficient (Wildman–Crippen LogP) is 2.02. The summed E-state index contributed by atoms with van der Waals surface area (Å²) in [7, 11) is 5.67. The Morgan fingerprint density at radius 3 is 2.50 bits per heavy atom. The lowest BCUT2D eigenvalue weighted by atomic mass is 9.96. The molecule has 0 saturated heterocycles. The van der Waals surface area contributed by atoms with E-state index < -0.39 is 0 Å². The molecule has 0 saturated carbocycles. The Labute approximate surface area is 87.8 Å². The summed E-state index contributed by atoms with van der Waals surface area (Å²) in [6, 6.07) is 11.7. The molecule has 0 bridgehead atoms. The molecule has 3 heteroatoms. The van der Waals surface area contributed by atoms with Crippen molar-refractivity contribution in [2.24, 2.45) is 0 Å². The van der Waals surface area contributed by atoms with E-state index in [1.165, 1.54) is 11.3 Å². The van der Waals surface area contributed by atoms with Gasteiger partial charge in [0, 0.05) is 4.88 Å². The van der Waals surface area contributed by atoms with E-state index in [9.17, 15) is 4.79 Å². The minimum absolute atomic E-state index is 0.559. The fourth-order valence-corrected chi connectivity index (χ4v) is 2.16. The molecule has 0 atom stereocenters. The maximum Gasteiger partial charge on any atom is 0.159 e. The summed E-state index contributed by atoms with van der Waals surface area (Å²) in [5.41, 5.74) is 1.65. The van der Waals surface area contributed by atoms with Crippen molar-refractivity contribution >= 4 is 30.9 Å². The first-order chi connectivity index (χ1) is 6.81. The third kappa shape index (κ3) is 1.63. The average Bonchev–Trinajstić information content (AvgIpc) is 2.61. The minimum atomic E-state index is 0.559. The Balaban J connectivity index is 2.48. The molecule has 0 aliphatic heterocycles. The van der Waals surface area contributed by atoms with E-state index in [2.05, 4.69) is 0 Å². The first-order valence-electron chi connectivity index (χ1n) is 4.21. The van der Waals surface area contributed by atoms with Crippen LogP contribution in [0.25, 0.3) is 10.4 Å². The van der Waals surface area contributed by atoms with Crippen LogP contribution in [0.15, 0.2) is 36.4 Å². The van der Waals surface area contributed by atoms with Crippen LogP contribution in [-0.4, -0.2) is 14.1 Å². The smallest absolute Gasteiger partial charge is 0.159 e. The molecule has 1 aromatic carbocycles. The molecular weight excluding hydrogens is 191 g/mol. The monoisotopic (exact) mass is 198 g/mol. The molecule has 0 aliphatic carbocycles. The van der Waals surface area contributed by atoms with E-state index in [4.69, 9.17) is 7.85 Å². The Morgan fingerprint density at radius 1 is 1.21 bits per heavy atom. The van der Waals surface area contributed by atoms with Gasteiger partial charge < -0.3 is 0 Å². The molecule has 0 spiro atoms. The van der Waals surface area contributed by atoms with E-state index in [1.54, 1.807) is 0 Å². The SMILES string of the molecule is [B]c1cc(-c2ccccc2)sc1C=O. The predicted molar refractivity (Wildman–Crippen MR) is 60.5 cm³/mol. The third-order valence-electron chi connectivity index (χ3n) is 1.96. The second-order valence-corrected chi connectivity index (χ2v) is 4.00. The van der Waals surface area contributed by atoms with E-state index in [1.807, 2.05) is 36.4 Å². The van der Waals surface area contributed by atoms with Crippen LogP contribution in [0.5, 0.6) is 0 Å². The zero-order valence-corrected chi connectivity index (χ0v) is 8.25. The van der Waals surface area contributed by atoms with Gasteiger partial charge in [0.15, 0.2) is 6.29 Å². The van der Waals surface area contributed by atoms with Crippen molar-refractivity contribution in [1.29, 1.82) is 0 Å². The number of thiophene rings is 1. The molecule has 0 unspecified atom stereocenters. The van der Waals surface area contributed by atoms with Gasteiger partial charge in [0.1, 0.15) is 7.85 Å². The van der Waals surface area contributed by atoms with Crippen molar-refractivity contribution in [2.45, 2.75) is 0 Å². The highest BCUT2D eigenvalue weighted by atomic mass is 32.1. The highest BCUT2D eigenvalue weighted by Crippen LogP contribution is 2.25. The van der Waals surface area contributed by atoms with Crippen molar-refractivity contribution in [2.75, 3.05) is 0 Å². The van der Waals surface area contributed by atoms with Crippen molar-refractivity contribution in [3.63, 3.8) is 0 Å². The zero-order valence-electron chi connectivity index (χ0n) is 7.44. The standard InChI is InChI=1S/C11H7BOS/c12-9-6-10(14-11(9)7-13)8-4-2-1-3-5-8/h1-7H. The molecule has 0 N–H and O–H groups in total. The van der Waals surface area contributed by atoms with Crippen LogP contribution < -0.4 is 5.46 Å². The van der Waals surface area contributed by atoms with Crippen LogP contribution in [0.3, 0.4) is 0 Å². The Kier molecular flexibility index (Phi) is 2.50. The van der Waals surface area contributed by atoms with Gasteiger partial charge in [-0.2, -0.15) is 0 Å². The van der Waals surface area contributed by atoms with Crippen molar-refractivity contribution < 1.29 is 4.79 Å². The molecule has 0 aliphatic rings. The number of benzene rings is 1. The molecule has 1 heterocycles. The van der Waals surface area contributed by atoms with E-state index in [-0.39, 0.29) is 0 Å². The molecule has 14 heavy (non-hydrogen) atoms. The lowest BCUT2D eigenvalue weighted by Gasteiger charge is -1.93. The summed E-state index contributed by atoms with van der Waals surface area (Å²) in [6.45, 7) is 0. The molecule has 0 fully saturated rings. The van der Waals surface area contributed by atoms with E-state index >= 15 is 0 Å². The van der Waals surface area contributed by atoms with Crippen molar-refractivity contribution in [3.8, 4) is 10.4 Å². The number of carbonyl (C=O) groups excluding carboxylic acids is 1. The van der Waals surface area contributed by atoms with Gasteiger partial charge in [-0.1, -0.05) is 35.8 Å². The second-order valence-electron chi connectivity index (χ2n) is 2.91. The number of hydrogen-bond acceptors (Lipinski definition) is 2. The first kappa shape index (κ1) is 9.22. The molecule has 66 valence electrons. The third-order valence-corrected chi connectivity index (χ3v) is 3.08. The van der Waals surface area contributed by atoms with Crippen LogP contribution in [0.4, 0.5) is 0 Å². The fourth-order valence-electron chi connectivity index (χ4n) is 1.26. The zero-order chi connectivity index (χ0) is 9.97. The van der Waals surface area contributed by atoms with Gasteiger partial charge in [-0.05, 0) is 11.6 Å². The molecular formula is C11H7BOS. The number of carbonyl (C=O) groups is 1. The van der Waals surface area contributed by atoms with Crippen molar-refractivity contribution in [3.05, 3.63) is 41.3 Å². The molecule has 0 amide bonds. The maximum atomic E-state index is 10.6. The highest BCUT2D eigenvalue weighted by molar-refractivity contribution is 7.18. The summed E-state index contributed by atoms with van der Waals surface area (Å²) in [6.07, 6.45) is 0.798. The minimum Gasteiger partial charge on any atom is -0.297 e. The van der Waals surface area contributed by atoms with E-state index in [0.717, 1.165) is 16.7 Å². The quantitative estimate of drug-likeness (QED) is 0.532. The fraction of sp³-hybridized carbons (Fsp3) is 0. The van der Waals surface area contributed by atoms with Crippen LogP contribution in [0, 0.1) is 0 Å². The molecule has 1 nitrogen and oxygen atoms in total. The molecule has 1 aromatic heterocycles. The van der Waals surface area contributed by atoms with Crippen LogP contribution in [0.2, 0.25) is 0 Å². The second kappa shape index (κ2) is 3.80. The average molecular weight is 198 g/mol. The maximum absolute atomic E-state index is 10.6. The van der Waals surface area contributed by atoms with E-state index in [0.29, 0.717) is 10.3 Å². The van der Waals surface area contributed by atoms with Gasteiger partial charge in [-0.3, -0.25) is 4.79 Å². The number of rotatable bonds is 2. The largest absolute Gasteiger partial charge is 0.297 e. The highest BCUT2D eigenvalue weighted by Gasteiger charge is 2.04. The van der Waals surface area contributed by atoms with Crippen LogP contribution in [0.1, 0.15) is 9.67 Å².